The van der Waals surface area contributed by atoms with Gasteiger partial charge in [0.05, 0.1) is 30.0 Å². The third-order valence-electron chi connectivity index (χ3n) is 8.01. The van der Waals surface area contributed by atoms with Crippen LogP contribution in [0.25, 0.3) is 0 Å². The van der Waals surface area contributed by atoms with Gasteiger partial charge in [-0.3, -0.25) is 14.4 Å². The molecule has 8 nitrogen and oxygen atoms in total. The molecule has 2 amide bonds. The first kappa shape index (κ1) is 34.4. The van der Waals surface area contributed by atoms with Gasteiger partial charge in [-0.2, -0.15) is 0 Å². The monoisotopic (exact) mass is 626 g/mol. The number of aliphatic hydroxyl groups excluding tert-OH is 1. The van der Waals surface area contributed by atoms with E-state index in [-0.39, 0.29) is 43.3 Å². The Bertz CT molecular complexity index is 1420. The Kier molecular flexibility index (Phi) is 13.0. The lowest BCUT2D eigenvalue weighted by atomic mass is 9.94. The molecule has 1 aliphatic heterocycles. The predicted octanol–water partition coefficient (Wildman–Crippen LogP) is 5.33. The molecule has 8 heteroatoms. The van der Waals surface area contributed by atoms with Crippen LogP contribution in [0.2, 0.25) is 0 Å². The van der Waals surface area contributed by atoms with E-state index in [0.717, 1.165) is 22.4 Å². The third kappa shape index (κ3) is 11.5. The molecule has 3 atom stereocenters. The van der Waals surface area contributed by atoms with Crippen LogP contribution in [0.15, 0.2) is 97.1 Å². The fraction of sp³-hybridized carbons (Fsp3) is 0.395. The van der Waals surface area contributed by atoms with E-state index in [1.54, 1.807) is 13.8 Å². The van der Waals surface area contributed by atoms with Gasteiger partial charge < -0.3 is 25.2 Å². The molecule has 0 spiro atoms. The predicted molar refractivity (Wildman–Crippen MR) is 178 cm³/mol. The molecule has 0 aliphatic carbocycles. The minimum absolute atomic E-state index is 0.0257. The first-order valence-corrected chi connectivity index (χ1v) is 16.0. The van der Waals surface area contributed by atoms with Crippen LogP contribution in [0.5, 0.6) is 5.75 Å². The first-order chi connectivity index (χ1) is 22.2. The van der Waals surface area contributed by atoms with Gasteiger partial charge in [0.25, 0.3) is 0 Å². The number of rotatable bonds is 11. The minimum Gasteiger partial charge on any atom is -0.489 e. The van der Waals surface area contributed by atoms with Crippen LogP contribution in [0.1, 0.15) is 56.2 Å². The van der Waals surface area contributed by atoms with E-state index >= 15 is 0 Å². The van der Waals surface area contributed by atoms with Crippen molar-refractivity contribution in [2.45, 2.75) is 70.6 Å². The van der Waals surface area contributed by atoms with Crippen molar-refractivity contribution in [2.75, 3.05) is 13.2 Å². The van der Waals surface area contributed by atoms with Crippen molar-refractivity contribution in [3.05, 3.63) is 114 Å². The molecule has 1 aliphatic rings. The number of cyclic esters (lactones) is 1. The molecule has 0 fully saturated rings. The Morgan fingerprint density at radius 1 is 0.935 bits per heavy atom. The summed E-state index contributed by atoms with van der Waals surface area (Å²) >= 11 is 0. The molecule has 0 saturated carbocycles. The number of ether oxygens (including phenoxy) is 2. The lowest BCUT2D eigenvalue weighted by Gasteiger charge is -2.29. The SMILES string of the molecule is CC1(C)COC(=O)[C@@H](Cc2ccccc2)CCC=CC[C@H](CC(=O)N[C@H](CO)Cc2ccc(OCc3ccccc3)cc2)C(=O)N1. The normalized spacial score (nSPS) is 19.4. The maximum Gasteiger partial charge on any atom is 0.309 e. The van der Waals surface area contributed by atoms with Crippen molar-refractivity contribution in [1.82, 2.24) is 10.6 Å². The molecule has 244 valence electrons. The van der Waals surface area contributed by atoms with E-state index in [1.165, 1.54) is 0 Å². The zero-order valence-electron chi connectivity index (χ0n) is 26.8. The zero-order chi connectivity index (χ0) is 32.8. The molecule has 3 aromatic rings. The molecular formula is C38H46N2O6. The molecule has 4 rings (SSSR count). The summed E-state index contributed by atoms with van der Waals surface area (Å²) < 4.78 is 11.5. The van der Waals surface area contributed by atoms with E-state index in [9.17, 15) is 19.5 Å². The van der Waals surface area contributed by atoms with E-state index in [4.69, 9.17) is 9.47 Å². The Morgan fingerprint density at radius 3 is 2.28 bits per heavy atom. The summed E-state index contributed by atoms with van der Waals surface area (Å²) in [7, 11) is 0. The summed E-state index contributed by atoms with van der Waals surface area (Å²) in [6, 6.07) is 26.9. The lowest BCUT2D eigenvalue weighted by Crippen LogP contribution is -2.50. The summed E-state index contributed by atoms with van der Waals surface area (Å²) in [6.45, 7) is 3.86. The molecular weight excluding hydrogens is 580 g/mol. The van der Waals surface area contributed by atoms with Crippen molar-refractivity contribution in [3.63, 3.8) is 0 Å². The van der Waals surface area contributed by atoms with Crippen LogP contribution < -0.4 is 15.4 Å². The number of esters is 1. The van der Waals surface area contributed by atoms with Gasteiger partial charge in [-0.15, -0.1) is 0 Å². The standard InChI is InChI=1S/C38H46N2O6/c1-38(2)27-46-37(44)32(22-28-12-6-3-7-13-28)17-11-5-10-16-31(36(43)40-38)24-35(42)39-33(25-41)23-29-18-20-34(21-19-29)45-26-30-14-8-4-9-15-30/h3-10,12-15,18-21,31-33,41H,11,16-17,22-27H2,1-2H3,(H,39,42)(H,40,43)/t31-,32-,33+/m1/s1. The Labute approximate surface area is 272 Å². The highest BCUT2D eigenvalue weighted by molar-refractivity contribution is 5.86. The smallest absolute Gasteiger partial charge is 0.309 e. The van der Waals surface area contributed by atoms with Gasteiger partial charge in [0.2, 0.25) is 11.8 Å². The first-order valence-electron chi connectivity index (χ1n) is 16.0. The van der Waals surface area contributed by atoms with Gasteiger partial charge in [-0.05, 0) is 74.8 Å². The maximum atomic E-state index is 13.3. The summed E-state index contributed by atoms with van der Waals surface area (Å²) in [6.07, 6.45) is 6.51. The number of carbonyl (C=O) groups is 3. The molecule has 0 unspecified atom stereocenters. The average Bonchev–Trinajstić information content (AvgIpc) is 3.06. The van der Waals surface area contributed by atoms with Gasteiger partial charge in [0.15, 0.2) is 0 Å². The van der Waals surface area contributed by atoms with Crippen LogP contribution in [-0.2, 0) is 38.6 Å². The summed E-state index contributed by atoms with van der Waals surface area (Å²) in [5.41, 5.74) is 2.27. The van der Waals surface area contributed by atoms with E-state index < -0.39 is 17.5 Å². The van der Waals surface area contributed by atoms with Crippen LogP contribution in [0.3, 0.4) is 0 Å². The highest BCUT2D eigenvalue weighted by Crippen LogP contribution is 2.21. The van der Waals surface area contributed by atoms with Crippen molar-refractivity contribution in [3.8, 4) is 5.75 Å². The van der Waals surface area contributed by atoms with Gasteiger partial charge in [-0.1, -0.05) is 84.9 Å². The van der Waals surface area contributed by atoms with Gasteiger partial charge in [-0.25, -0.2) is 0 Å². The number of nitrogens with one attached hydrogen (secondary N) is 2. The van der Waals surface area contributed by atoms with E-state index in [2.05, 4.69) is 10.6 Å². The molecule has 3 aromatic carbocycles. The van der Waals surface area contributed by atoms with Crippen molar-refractivity contribution in [1.29, 1.82) is 0 Å². The number of benzene rings is 3. The number of hydrogen-bond acceptors (Lipinski definition) is 6. The number of allylic oxidation sites excluding steroid dienone is 2. The highest BCUT2D eigenvalue weighted by atomic mass is 16.5. The molecule has 0 saturated heterocycles. The maximum absolute atomic E-state index is 13.3. The summed E-state index contributed by atoms with van der Waals surface area (Å²) in [5.74, 6) is -1.06. The Morgan fingerprint density at radius 2 is 1.61 bits per heavy atom. The lowest BCUT2D eigenvalue weighted by molar-refractivity contribution is -0.151. The second kappa shape index (κ2) is 17.3. The molecule has 0 bridgehead atoms. The van der Waals surface area contributed by atoms with E-state index in [1.807, 2.05) is 97.1 Å². The molecule has 3 N–H and O–H groups in total. The Hall–Kier alpha value is -4.43. The summed E-state index contributed by atoms with van der Waals surface area (Å²) in [5, 5.41) is 15.9. The van der Waals surface area contributed by atoms with Gasteiger partial charge in [0.1, 0.15) is 19.0 Å². The highest BCUT2D eigenvalue weighted by Gasteiger charge is 2.30. The second-order valence-corrected chi connectivity index (χ2v) is 12.6. The van der Waals surface area contributed by atoms with E-state index in [0.29, 0.717) is 38.7 Å². The Balaban J connectivity index is 1.32. The minimum atomic E-state index is -0.818. The largest absolute Gasteiger partial charge is 0.489 e. The van der Waals surface area contributed by atoms with Gasteiger partial charge in [0, 0.05) is 6.42 Å². The molecule has 46 heavy (non-hydrogen) atoms. The van der Waals surface area contributed by atoms with Crippen molar-refractivity contribution in [2.24, 2.45) is 11.8 Å². The number of carbonyl (C=O) groups excluding carboxylic acids is 3. The zero-order valence-corrected chi connectivity index (χ0v) is 26.8. The third-order valence-corrected chi connectivity index (χ3v) is 8.01. The number of aliphatic hydroxyl groups is 1. The number of amides is 2. The molecule has 0 aromatic heterocycles. The fourth-order valence-corrected chi connectivity index (χ4v) is 5.42. The van der Waals surface area contributed by atoms with Crippen molar-refractivity contribution < 1.29 is 29.0 Å². The van der Waals surface area contributed by atoms with Crippen LogP contribution >= 0.6 is 0 Å². The fourth-order valence-electron chi connectivity index (χ4n) is 5.42. The van der Waals surface area contributed by atoms with Crippen LogP contribution in [-0.4, -0.2) is 47.7 Å². The van der Waals surface area contributed by atoms with Crippen LogP contribution in [0, 0.1) is 11.8 Å². The summed E-state index contributed by atoms with van der Waals surface area (Å²) in [4.78, 5) is 39.5. The molecule has 1 heterocycles. The van der Waals surface area contributed by atoms with Crippen molar-refractivity contribution >= 4 is 17.8 Å². The van der Waals surface area contributed by atoms with Gasteiger partial charge >= 0.3 is 5.97 Å². The topological polar surface area (TPSA) is 114 Å². The second-order valence-electron chi connectivity index (χ2n) is 12.6. The molecule has 0 radical (unpaired) electrons. The number of hydrogen-bond donors (Lipinski definition) is 3. The quantitative estimate of drug-likeness (QED) is 0.196. The average molecular weight is 627 g/mol. The van der Waals surface area contributed by atoms with Crippen LogP contribution in [0.4, 0.5) is 0 Å².